The summed E-state index contributed by atoms with van der Waals surface area (Å²) >= 11 is 5.77. The minimum Gasteiger partial charge on any atom is -0.378 e. The molecule has 2 atom stereocenters. The fourth-order valence-corrected chi connectivity index (χ4v) is 2.35. The number of nitrogens with zero attached hydrogens (tertiary/aromatic N) is 3. The smallest absolute Gasteiger partial charge is 0.147 e. The second-order valence-electron chi connectivity index (χ2n) is 3.90. The first-order chi connectivity index (χ1) is 7.35. The molecule has 0 aromatic carbocycles. The van der Waals surface area contributed by atoms with Crippen LogP contribution in [0.1, 0.15) is 25.6 Å². The van der Waals surface area contributed by atoms with E-state index in [0.717, 1.165) is 31.8 Å². The molecule has 0 bridgehead atoms. The van der Waals surface area contributed by atoms with Crippen LogP contribution in [0.3, 0.4) is 0 Å². The van der Waals surface area contributed by atoms with E-state index in [2.05, 4.69) is 17.1 Å². The summed E-state index contributed by atoms with van der Waals surface area (Å²) in [6.07, 6.45) is 4.33. The molecule has 5 heteroatoms. The summed E-state index contributed by atoms with van der Waals surface area (Å²) in [5, 5.41) is 7.84. The number of rotatable bonds is 4. The van der Waals surface area contributed by atoms with Crippen LogP contribution >= 0.6 is 11.6 Å². The molecule has 15 heavy (non-hydrogen) atoms. The molecule has 1 fully saturated rings. The predicted octanol–water partition coefficient (Wildman–Crippen LogP) is 1.83. The lowest BCUT2D eigenvalue weighted by Gasteiger charge is -2.17. The zero-order chi connectivity index (χ0) is 10.7. The van der Waals surface area contributed by atoms with Gasteiger partial charge in [-0.3, -0.25) is 0 Å². The second-order valence-corrected chi connectivity index (χ2v) is 4.17. The van der Waals surface area contributed by atoms with Crippen LogP contribution in [0.25, 0.3) is 0 Å². The fourth-order valence-electron chi connectivity index (χ4n) is 2.14. The number of aromatic nitrogens is 3. The summed E-state index contributed by atoms with van der Waals surface area (Å²) < 4.78 is 7.69. The summed E-state index contributed by atoms with van der Waals surface area (Å²) in [5.74, 6) is 1.84. The first-order valence-corrected chi connectivity index (χ1v) is 5.92. The lowest BCUT2D eigenvalue weighted by Crippen LogP contribution is -2.20. The van der Waals surface area contributed by atoms with Crippen molar-refractivity contribution < 1.29 is 4.74 Å². The fraction of sp³-hybridized carbons (Fsp3) is 0.800. The van der Waals surface area contributed by atoms with E-state index in [1.54, 1.807) is 6.33 Å². The van der Waals surface area contributed by atoms with Crippen molar-refractivity contribution in [2.24, 2.45) is 5.92 Å². The maximum atomic E-state index is 5.77. The van der Waals surface area contributed by atoms with Crippen molar-refractivity contribution in [3.8, 4) is 0 Å². The molecule has 0 aliphatic carbocycles. The van der Waals surface area contributed by atoms with Gasteiger partial charge in [-0.05, 0) is 12.8 Å². The number of alkyl halides is 1. The molecule has 0 radical (unpaired) electrons. The highest BCUT2D eigenvalue weighted by Crippen LogP contribution is 2.25. The zero-order valence-corrected chi connectivity index (χ0v) is 9.65. The highest BCUT2D eigenvalue weighted by molar-refractivity contribution is 6.16. The van der Waals surface area contributed by atoms with E-state index in [-0.39, 0.29) is 0 Å². The molecule has 2 unspecified atom stereocenters. The van der Waals surface area contributed by atoms with Gasteiger partial charge in [0.2, 0.25) is 0 Å². The largest absolute Gasteiger partial charge is 0.378 e. The van der Waals surface area contributed by atoms with Gasteiger partial charge in [-0.25, -0.2) is 0 Å². The van der Waals surface area contributed by atoms with E-state index < -0.39 is 0 Å². The van der Waals surface area contributed by atoms with Gasteiger partial charge in [0.1, 0.15) is 12.2 Å². The van der Waals surface area contributed by atoms with Gasteiger partial charge in [0.25, 0.3) is 0 Å². The summed E-state index contributed by atoms with van der Waals surface area (Å²) in [7, 11) is 0. The number of halogens is 1. The minimum atomic E-state index is 0.385. The Labute approximate surface area is 94.6 Å². The SMILES string of the molecule is CCC1OCCC1Cn1cnnc1CCl. The minimum absolute atomic E-state index is 0.385. The van der Waals surface area contributed by atoms with Crippen molar-refractivity contribution in [2.75, 3.05) is 6.61 Å². The monoisotopic (exact) mass is 229 g/mol. The van der Waals surface area contributed by atoms with Gasteiger partial charge in [-0.1, -0.05) is 6.92 Å². The van der Waals surface area contributed by atoms with E-state index in [4.69, 9.17) is 16.3 Å². The molecule has 2 heterocycles. The highest BCUT2D eigenvalue weighted by Gasteiger charge is 2.27. The molecule has 1 aromatic heterocycles. The van der Waals surface area contributed by atoms with Gasteiger partial charge in [-0.15, -0.1) is 21.8 Å². The third-order valence-corrected chi connectivity index (χ3v) is 3.23. The maximum Gasteiger partial charge on any atom is 0.147 e. The van der Waals surface area contributed by atoms with E-state index >= 15 is 0 Å². The van der Waals surface area contributed by atoms with Crippen molar-refractivity contribution in [2.45, 2.75) is 38.3 Å². The Morgan fingerprint density at radius 1 is 1.67 bits per heavy atom. The predicted molar refractivity (Wildman–Crippen MR) is 57.7 cm³/mol. The van der Waals surface area contributed by atoms with Gasteiger partial charge >= 0.3 is 0 Å². The first-order valence-electron chi connectivity index (χ1n) is 5.39. The third kappa shape index (κ3) is 2.32. The Morgan fingerprint density at radius 3 is 3.27 bits per heavy atom. The normalized spacial score (nSPS) is 26.0. The van der Waals surface area contributed by atoms with E-state index in [1.807, 2.05) is 4.57 Å². The molecule has 2 rings (SSSR count). The van der Waals surface area contributed by atoms with Gasteiger partial charge < -0.3 is 9.30 Å². The van der Waals surface area contributed by atoms with Crippen molar-refractivity contribution in [1.29, 1.82) is 0 Å². The van der Waals surface area contributed by atoms with Gasteiger partial charge in [0.05, 0.1) is 12.0 Å². The van der Waals surface area contributed by atoms with E-state index in [0.29, 0.717) is 17.9 Å². The number of hydrogen-bond donors (Lipinski definition) is 0. The third-order valence-electron chi connectivity index (χ3n) is 3.00. The van der Waals surface area contributed by atoms with Crippen LogP contribution in [0.5, 0.6) is 0 Å². The average Bonchev–Trinajstić information content (AvgIpc) is 2.87. The standard InChI is InChI=1S/C10H16ClN3O/c1-2-9-8(3-4-15-9)6-14-7-12-13-10(14)5-11/h7-9H,2-6H2,1H3. The summed E-state index contributed by atoms with van der Waals surface area (Å²) in [4.78, 5) is 0. The Bertz CT molecular complexity index is 315. The van der Waals surface area contributed by atoms with Crippen LogP contribution < -0.4 is 0 Å². The summed E-state index contributed by atoms with van der Waals surface area (Å²) in [6.45, 7) is 3.96. The summed E-state index contributed by atoms with van der Waals surface area (Å²) in [5.41, 5.74) is 0. The molecule has 4 nitrogen and oxygen atoms in total. The van der Waals surface area contributed by atoms with Gasteiger partial charge in [0, 0.05) is 19.1 Å². The van der Waals surface area contributed by atoms with Crippen LogP contribution in [0, 0.1) is 5.92 Å². The first kappa shape index (κ1) is 10.9. The Balaban J connectivity index is 2.01. The molecule has 0 saturated carbocycles. The lowest BCUT2D eigenvalue weighted by atomic mass is 10.00. The lowest BCUT2D eigenvalue weighted by molar-refractivity contribution is 0.0833. The van der Waals surface area contributed by atoms with Crippen molar-refractivity contribution >= 4 is 11.6 Å². The van der Waals surface area contributed by atoms with Crippen molar-refractivity contribution in [3.05, 3.63) is 12.2 Å². The zero-order valence-electron chi connectivity index (χ0n) is 8.90. The Kier molecular flexibility index (Phi) is 3.59. The molecular formula is C10H16ClN3O. The molecule has 84 valence electrons. The quantitative estimate of drug-likeness (QED) is 0.740. The number of ether oxygens (including phenoxy) is 1. The highest BCUT2D eigenvalue weighted by atomic mass is 35.5. The van der Waals surface area contributed by atoms with Crippen LogP contribution in [0.2, 0.25) is 0 Å². The van der Waals surface area contributed by atoms with E-state index in [9.17, 15) is 0 Å². The summed E-state index contributed by atoms with van der Waals surface area (Å²) in [6, 6.07) is 0. The van der Waals surface area contributed by atoms with Gasteiger partial charge in [0.15, 0.2) is 0 Å². The molecule has 1 aliphatic heterocycles. The van der Waals surface area contributed by atoms with Crippen LogP contribution in [-0.2, 0) is 17.2 Å². The molecule has 1 aromatic rings. The van der Waals surface area contributed by atoms with Crippen molar-refractivity contribution in [3.63, 3.8) is 0 Å². The Morgan fingerprint density at radius 2 is 2.53 bits per heavy atom. The van der Waals surface area contributed by atoms with Crippen LogP contribution in [-0.4, -0.2) is 27.5 Å². The van der Waals surface area contributed by atoms with Crippen molar-refractivity contribution in [1.82, 2.24) is 14.8 Å². The molecule has 0 spiro atoms. The average molecular weight is 230 g/mol. The Hall–Kier alpha value is -0.610. The topological polar surface area (TPSA) is 39.9 Å². The molecular weight excluding hydrogens is 214 g/mol. The number of hydrogen-bond acceptors (Lipinski definition) is 3. The van der Waals surface area contributed by atoms with Crippen LogP contribution in [0.4, 0.5) is 0 Å². The molecule has 1 saturated heterocycles. The maximum absolute atomic E-state index is 5.77. The van der Waals surface area contributed by atoms with Crippen LogP contribution in [0.15, 0.2) is 6.33 Å². The van der Waals surface area contributed by atoms with E-state index in [1.165, 1.54) is 0 Å². The second kappa shape index (κ2) is 4.94. The molecule has 1 aliphatic rings. The van der Waals surface area contributed by atoms with Gasteiger partial charge in [-0.2, -0.15) is 0 Å². The molecule has 0 amide bonds. The molecule has 0 N–H and O–H groups in total.